The number of hydrogen-bond acceptors (Lipinski definition) is 2. The van der Waals surface area contributed by atoms with E-state index in [1.165, 1.54) is 0 Å². The summed E-state index contributed by atoms with van der Waals surface area (Å²) in [5.74, 6) is 3.29. The lowest BCUT2D eigenvalue weighted by atomic mass is 10.3. The Morgan fingerprint density at radius 2 is 1.67 bits per heavy atom. The van der Waals surface area contributed by atoms with Crippen LogP contribution in [-0.4, -0.2) is 19.3 Å². The van der Waals surface area contributed by atoms with Crippen LogP contribution in [0.25, 0.3) is 0 Å². The third kappa shape index (κ3) is 3.84. The third-order valence-corrected chi connectivity index (χ3v) is 11.2. The van der Waals surface area contributed by atoms with Crippen molar-refractivity contribution in [3.8, 4) is 11.5 Å². The Balaban J connectivity index is 3.32. The number of carbonyl (C=O) groups is 1. The average molecular weight is 366 g/mol. The molecule has 4 heteroatoms. The number of carbonyl (C=O) groups excluding carboxylic acids is 1. The van der Waals surface area contributed by atoms with Gasteiger partial charge in [0.2, 0.25) is 0 Å². The minimum atomic E-state index is -1.75. The molecule has 2 nitrogen and oxygen atoms in total. The largest absolute Gasteiger partial charge is 0.298 e. The SMILES string of the molecule is CC(C)[Si](C#Cc1ncc(C=O)cc1Br)(C(C)C)C(C)C. The maximum Gasteiger partial charge on any atom is 0.151 e. The Labute approximate surface area is 137 Å². The molecule has 0 amide bonds. The highest BCUT2D eigenvalue weighted by Gasteiger charge is 2.41. The van der Waals surface area contributed by atoms with E-state index in [1.54, 1.807) is 12.3 Å². The summed E-state index contributed by atoms with van der Waals surface area (Å²) in [6, 6.07) is 1.77. The predicted molar refractivity (Wildman–Crippen MR) is 95.3 cm³/mol. The summed E-state index contributed by atoms with van der Waals surface area (Å²) in [4.78, 5) is 15.1. The molecule has 0 saturated heterocycles. The Hall–Kier alpha value is -0.923. The quantitative estimate of drug-likeness (QED) is 0.415. The molecular weight excluding hydrogens is 342 g/mol. The molecule has 1 aromatic rings. The summed E-state index contributed by atoms with van der Waals surface area (Å²) in [7, 11) is -1.75. The van der Waals surface area contributed by atoms with Crippen LogP contribution in [0.15, 0.2) is 16.7 Å². The zero-order valence-corrected chi connectivity index (χ0v) is 16.3. The lowest BCUT2D eigenvalue weighted by Crippen LogP contribution is -2.43. The zero-order valence-electron chi connectivity index (χ0n) is 13.7. The maximum atomic E-state index is 10.8. The molecule has 1 rings (SSSR count). The number of hydrogen-bond donors (Lipinski definition) is 0. The van der Waals surface area contributed by atoms with E-state index in [9.17, 15) is 4.79 Å². The van der Waals surface area contributed by atoms with Crippen molar-refractivity contribution in [3.63, 3.8) is 0 Å². The second kappa shape index (κ2) is 7.37. The lowest BCUT2D eigenvalue weighted by Gasteiger charge is -2.38. The van der Waals surface area contributed by atoms with Crippen molar-refractivity contribution < 1.29 is 4.79 Å². The van der Waals surface area contributed by atoms with Gasteiger partial charge in [-0.25, -0.2) is 4.98 Å². The van der Waals surface area contributed by atoms with Gasteiger partial charge in [0.15, 0.2) is 6.29 Å². The average Bonchev–Trinajstić information content (AvgIpc) is 2.39. The molecule has 0 bridgehead atoms. The highest BCUT2D eigenvalue weighted by molar-refractivity contribution is 9.10. The van der Waals surface area contributed by atoms with Gasteiger partial charge in [-0.05, 0) is 38.6 Å². The van der Waals surface area contributed by atoms with Gasteiger partial charge >= 0.3 is 0 Å². The smallest absolute Gasteiger partial charge is 0.151 e. The molecule has 21 heavy (non-hydrogen) atoms. The predicted octanol–water partition coefficient (Wildman–Crippen LogP) is 5.23. The highest BCUT2D eigenvalue weighted by Crippen LogP contribution is 2.40. The van der Waals surface area contributed by atoms with Crippen molar-refractivity contribution in [3.05, 3.63) is 28.0 Å². The number of aldehydes is 1. The van der Waals surface area contributed by atoms with E-state index in [0.717, 1.165) is 16.5 Å². The zero-order chi connectivity index (χ0) is 16.2. The normalized spacial score (nSPS) is 11.7. The molecule has 0 fully saturated rings. The van der Waals surface area contributed by atoms with Crippen molar-refractivity contribution in [2.45, 2.75) is 58.2 Å². The summed E-state index contributed by atoms with van der Waals surface area (Å²) in [5.41, 5.74) is 6.70. The Bertz CT molecular complexity index is 548. The first-order valence-electron chi connectivity index (χ1n) is 7.39. The van der Waals surface area contributed by atoms with Crippen molar-refractivity contribution in [2.75, 3.05) is 0 Å². The molecule has 114 valence electrons. The van der Waals surface area contributed by atoms with Crippen LogP contribution in [0.4, 0.5) is 0 Å². The molecule has 1 heterocycles. The number of rotatable bonds is 4. The Morgan fingerprint density at radius 3 is 2.05 bits per heavy atom. The first-order chi connectivity index (χ1) is 9.75. The Morgan fingerprint density at radius 1 is 1.14 bits per heavy atom. The van der Waals surface area contributed by atoms with Gasteiger partial charge in [-0.1, -0.05) is 47.5 Å². The number of aromatic nitrogens is 1. The minimum Gasteiger partial charge on any atom is -0.298 e. The summed E-state index contributed by atoms with van der Waals surface area (Å²) in [5, 5.41) is 0. The molecule has 0 aliphatic rings. The number of halogens is 1. The van der Waals surface area contributed by atoms with Crippen LogP contribution in [0.2, 0.25) is 16.6 Å². The fourth-order valence-corrected chi connectivity index (χ4v) is 8.88. The van der Waals surface area contributed by atoms with E-state index in [1.807, 2.05) is 0 Å². The van der Waals surface area contributed by atoms with Crippen LogP contribution in [-0.2, 0) is 0 Å². The van der Waals surface area contributed by atoms with Crippen LogP contribution < -0.4 is 0 Å². The fourth-order valence-electron chi connectivity index (χ4n) is 3.21. The molecule has 0 aromatic carbocycles. The summed E-state index contributed by atoms with van der Waals surface area (Å²) in [6.07, 6.45) is 2.37. The van der Waals surface area contributed by atoms with Crippen LogP contribution in [0.5, 0.6) is 0 Å². The van der Waals surface area contributed by atoms with Crippen molar-refractivity contribution in [1.82, 2.24) is 4.98 Å². The van der Waals surface area contributed by atoms with E-state index in [0.29, 0.717) is 22.2 Å². The molecule has 1 aromatic heterocycles. The molecule has 0 N–H and O–H groups in total. The fraction of sp³-hybridized carbons (Fsp3) is 0.529. The monoisotopic (exact) mass is 365 g/mol. The summed E-state index contributed by atoms with van der Waals surface area (Å²) < 4.78 is 0.791. The van der Waals surface area contributed by atoms with Gasteiger partial charge in [0.25, 0.3) is 0 Å². The Kier molecular flexibility index (Phi) is 6.36. The maximum absolute atomic E-state index is 10.8. The van der Waals surface area contributed by atoms with Gasteiger partial charge < -0.3 is 0 Å². The van der Waals surface area contributed by atoms with Crippen LogP contribution in [0.1, 0.15) is 57.6 Å². The van der Waals surface area contributed by atoms with Crippen molar-refractivity contribution in [2.24, 2.45) is 0 Å². The van der Waals surface area contributed by atoms with Gasteiger partial charge in [0.1, 0.15) is 13.8 Å². The van der Waals surface area contributed by atoms with Crippen LogP contribution in [0.3, 0.4) is 0 Å². The molecule has 0 atom stereocenters. The van der Waals surface area contributed by atoms with E-state index < -0.39 is 8.07 Å². The summed E-state index contributed by atoms with van der Waals surface area (Å²) in [6.45, 7) is 13.7. The first kappa shape index (κ1) is 18.1. The van der Waals surface area contributed by atoms with E-state index in [2.05, 4.69) is 73.9 Å². The minimum absolute atomic E-state index is 0.563. The lowest BCUT2D eigenvalue weighted by molar-refractivity contribution is 0.112. The topological polar surface area (TPSA) is 30.0 Å². The van der Waals surface area contributed by atoms with Gasteiger partial charge in [-0.2, -0.15) is 0 Å². The third-order valence-electron chi connectivity index (χ3n) is 4.26. The number of pyridine rings is 1. The van der Waals surface area contributed by atoms with Gasteiger partial charge in [0, 0.05) is 11.8 Å². The van der Waals surface area contributed by atoms with Gasteiger partial charge in [-0.3, -0.25) is 4.79 Å². The molecule has 0 aliphatic heterocycles. The molecule has 0 aliphatic carbocycles. The van der Waals surface area contributed by atoms with E-state index >= 15 is 0 Å². The van der Waals surface area contributed by atoms with Gasteiger partial charge in [0.05, 0.1) is 4.47 Å². The van der Waals surface area contributed by atoms with Gasteiger partial charge in [-0.15, -0.1) is 5.54 Å². The molecule has 0 unspecified atom stereocenters. The van der Waals surface area contributed by atoms with Crippen molar-refractivity contribution in [1.29, 1.82) is 0 Å². The first-order valence-corrected chi connectivity index (χ1v) is 10.4. The van der Waals surface area contributed by atoms with Crippen LogP contribution in [0, 0.1) is 11.5 Å². The van der Waals surface area contributed by atoms with Crippen molar-refractivity contribution >= 4 is 30.3 Å². The second-order valence-electron chi connectivity index (χ2n) is 6.36. The second-order valence-corrected chi connectivity index (χ2v) is 12.8. The van der Waals surface area contributed by atoms with E-state index in [4.69, 9.17) is 0 Å². The standard InChI is InChI=1S/C17H24BrNOSi/c1-12(2)21(13(3)4,14(5)6)8-7-17-16(18)9-15(11-20)10-19-17/h9-14H,1-6H3. The van der Waals surface area contributed by atoms with E-state index in [-0.39, 0.29) is 0 Å². The number of nitrogens with zero attached hydrogens (tertiary/aromatic N) is 1. The molecule has 0 spiro atoms. The van der Waals surface area contributed by atoms with Crippen LogP contribution >= 0.6 is 15.9 Å². The molecule has 0 radical (unpaired) electrons. The molecule has 0 saturated carbocycles. The molecular formula is C17H24BrNOSi. The highest BCUT2D eigenvalue weighted by atomic mass is 79.9. The summed E-state index contributed by atoms with van der Waals surface area (Å²) >= 11 is 3.46.